The fraction of sp³-hybridized carbons (Fsp3) is 1.00. The van der Waals surface area contributed by atoms with Gasteiger partial charge >= 0.3 is 0 Å². The van der Waals surface area contributed by atoms with Crippen molar-refractivity contribution in [2.24, 2.45) is 22.2 Å². The molecule has 1 rings (SSSR count). The highest BCUT2D eigenvalue weighted by molar-refractivity contribution is 5.15. The molecule has 0 aromatic rings. The SMILES string of the molecule is CC(C)C1(C)OC(C)(C)C(C)(C)C(C)(C)C1(C)C. The predicted octanol–water partition coefficient (Wildman–Crippen LogP) is 5.29. The summed E-state index contributed by atoms with van der Waals surface area (Å²) < 4.78 is 6.69. The summed E-state index contributed by atoms with van der Waals surface area (Å²) in [5.41, 5.74) is 0.215. The molecule has 1 nitrogen and oxygen atoms in total. The Bertz CT molecular complexity index is 318. The highest BCUT2D eigenvalue weighted by atomic mass is 16.5. The molecule has 0 aromatic carbocycles. The van der Waals surface area contributed by atoms with Crippen molar-refractivity contribution in [1.82, 2.24) is 0 Å². The Morgan fingerprint density at radius 1 is 0.611 bits per heavy atom. The van der Waals surface area contributed by atoms with Crippen LogP contribution in [-0.4, -0.2) is 11.2 Å². The second-order valence-corrected chi connectivity index (χ2v) is 8.75. The minimum absolute atomic E-state index is 0.102. The van der Waals surface area contributed by atoms with E-state index in [0.717, 1.165) is 0 Å². The molecule has 0 aliphatic carbocycles. The standard InChI is InChI=1S/C17H34O/c1-12(2)17(11)15(7,8)13(3,4)14(5,6)16(9,10)18-17/h12H,1-11H3. The number of ether oxygens (including phenoxy) is 1. The molecular formula is C17H34O. The van der Waals surface area contributed by atoms with E-state index in [1.807, 2.05) is 0 Å². The third kappa shape index (κ3) is 1.55. The average molecular weight is 254 g/mol. The second-order valence-electron chi connectivity index (χ2n) is 8.75. The van der Waals surface area contributed by atoms with Gasteiger partial charge in [0, 0.05) is 0 Å². The van der Waals surface area contributed by atoms with Gasteiger partial charge in [-0.3, -0.25) is 0 Å². The first kappa shape index (κ1) is 16.0. The highest BCUT2D eigenvalue weighted by Gasteiger charge is 2.67. The Labute approximate surface area is 115 Å². The molecule has 18 heavy (non-hydrogen) atoms. The Hall–Kier alpha value is -0.0400. The molecule has 0 aromatic heterocycles. The van der Waals surface area contributed by atoms with Crippen LogP contribution in [0, 0.1) is 22.2 Å². The first-order valence-corrected chi connectivity index (χ1v) is 7.35. The first-order valence-electron chi connectivity index (χ1n) is 7.35. The van der Waals surface area contributed by atoms with Crippen LogP contribution in [0.15, 0.2) is 0 Å². The average Bonchev–Trinajstić information content (AvgIpc) is 2.13. The van der Waals surface area contributed by atoms with E-state index in [-0.39, 0.29) is 27.4 Å². The van der Waals surface area contributed by atoms with Gasteiger partial charge in [-0.25, -0.2) is 0 Å². The van der Waals surface area contributed by atoms with Crippen molar-refractivity contribution in [2.75, 3.05) is 0 Å². The third-order valence-electron chi connectivity index (χ3n) is 7.44. The van der Waals surface area contributed by atoms with Crippen molar-refractivity contribution in [3.63, 3.8) is 0 Å². The molecule has 1 unspecified atom stereocenters. The van der Waals surface area contributed by atoms with E-state index < -0.39 is 0 Å². The van der Waals surface area contributed by atoms with Crippen LogP contribution in [0.1, 0.15) is 76.2 Å². The fourth-order valence-electron chi connectivity index (χ4n) is 3.78. The van der Waals surface area contributed by atoms with E-state index in [0.29, 0.717) is 5.92 Å². The summed E-state index contributed by atoms with van der Waals surface area (Å²) in [5.74, 6) is 0.502. The largest absolute Gasteiger partial charge is 0.368 e. The van der Waals surface area contributed by atoms with Gasteiger partial charge in [0.2, 0.25) is 0 Å². The maximum absolute atomic E-state index is 6.69. The van der Waals surface area contributed by atoms with Gasteiger partial charge in [-0.2, -0.15) is 0 Å². The van der Waals surface area contributed by atoms with Crippen molar-refractivity contribution < 1.29 is 4.74 Å². The van der Waals surface area contributed by atoms with Crippen molar-refractivity contribution in [3.8, 4) is 0 Å². The summed E-state index contributed by atoms with van der Waals surface area (Å²) in [7, 11) is 0. The summed E-state index contributed by atoms with van der Waals surface area (Å²) in [6.07, 6.45) is 0. The zero-order valence-electron chi connectivity index (χ0n) is 14.5. The van der Waals surface area contributed by atoms with E-state index in [9.17, 15) is 0 Å². The Morgan fingerprint density at radius 3 is 1.33 bits per heavy atom. The van der Waals surface area contributed by atoms with Crippen molar-refractivity contribution >= 4 is 0 Å². The quantitative estimate of drug-likeness (QED) is 0.618. The molecule has 1 heterocycles. The Balaban J connectivity index is 3.52. The van der Waals surface area contributed by atoms with Crippen LogP contribution in [0.4, 0.5) is 0 Å². The normalized spacial score (nSPS) is 36.7. The van der Waals surface area contributed by atoms with Crippen LogP contribution in [0.25, 0.3) is 0 Å². The lowest BCUT2D eigenvalue weighted by Crippen LogP contribution is -2.71. The molecule has 1 aliphatic heterocycles. The van der Waals surface area contributed by atoms with E-state index in [1.54, 1.807) is 0 Å². The molecule has 1 fully saturated rings. The zero-order valence-corrected chi connectivity index (χ0v) is 14.5. The van der Waals surface area contributed by atoms with Gasteiger partial charge < -0.3 is 4.74 Å². The lowest BCUT2D eigenvalue weighted by molar-refractivity contribution is -0.341. The third-order valence-corrected chi connectivity index (χ3v) is 7.44. The van der Waals surface area contributed by atoms with Gasteiger partial charge in [0.15, 0.2) is 0 Å². The summed E-state index contributed by atoms with van der Waals surface area (Å²) in [4.78, 5) is 0. The molecule has 0 saturated carbocycles. The van der Waals surface area contributed by atoms with Crippen molar-refractivity contribution in [1.29, 1.82) is 0 Å². The molecule has 1 saturated heterocycles. The Morgan fingerprint density at radius 2 is 1.00 bits per heavy atom. The van der Waals surface area contributed by atoms with Gasteiger partial charge in [0.25, 0.3) is 0 Å². The topological polar surface area (TPSA) is 9.23 Å². The fourth-order valence-corrected chi connectivity index (χ4v) is 3.78. The van der Waals surface area contributed by atoms with Crippen molar-refractivity contribution in [2.45, 2.75) is 87.4 Å². The molecule has 0 bridgehead atoms. The smallest absolute Gasteiger partial charge is 0.0740 e. The lowest BCUT2D eigenvalue weighted by Gasteiger charge is -2.70. The van der Waals surface area contributed by atoms with Crippen LogP contribution in [-0.2, 0) is 4.74 Å². The minimum atomic E-state index is -0.120. The van der Waals surface area contributed by atoms with E-state index in [4.69, 9.17) is 4.74 Å². The van der Waals surface area contributed by atoms with Crippen LogP contribution in [0.3, 0.4) is 0 Å². The summed E-state index contributed by atoms with van der Waals surface area (Å²) in [5, 5.41) is 0. The molecule has 0 N–H and O–H groups in total. The van der Waals surface area contributed by atoms with Crippen LogP contribution in [0.5, 0.6) is 0 Å². The van der Waals surface area contributed by atoms with Crippen molar-refractivity contribution in [3.05, 3.63) is 0 Å². The van der Waals surface area contributed by atoms with Crippen LogP contribution < -0.4 is 0 Å². The summed E-state index contributed by atoms with van der Waals surface area (Å²) in [6.45, 7) is 25.7. The molecular weight excluding hydrogens is 220 g/mol. The maximum Gasteiger partial charge on any atom is 0.0740 e. The monoisotopic (exact) mass is 254 g/mol. The van der Waals surface area contributed by atoms with Crippen LogP contribution in [0.2, 0.25) is 0 Å². The van der Waals surface area contributed by atoms with Gasteiger partial charge in [-0.15, -0.1) is 0 Å². The molecule has 0 spiro atoms. The van der Waals surface area contributed by atoms with E-state index in [2.05, 4.69) is 76.2 Å². The van der Waals surface area contributed by atoms with E-state index in [1.165, 1.54) is 0 Å². The molecule has 1 heteroatoms. The lowest BCUT2D eigenvalue weighted by atomic mass is 9.43. The predicted molar refractivity (Wildman–Crippen MR) is 79.8 cm³/mol. The molecule has 0 amide bonds. The summed E-state index contributed by atoms with van der Waals surface area (Å²) >= 11 is 0. The van der Waals surface area contributed by atoms with Crippen LogP contribution >= 0.6 is 0 Å². The van der Waals surface area contributed by atoms with Gasteiger partial charge in [0.1, 0.15) is 0 Å². The number of hydrogen-bond donors (Lipinski definition) is 0. The molecule has 1 aliphatic rings. The molecule has 0 radical (unpaired) electrons. The summed E-state index contributed by atoms with van der Waals surface area (Å²) in [6, 6.07) is 0. The highest BCUT2D eigenvalue weighted by Crippen LogP contribution is 2.67. The van der Waals surface area contributed by atoms with Gasteiger partial charge in [0.05, 0.1) is 11.2 Å². The second kappa shape index (κ2) is 3.75. The molecule has 108 valence electrons. The number of hydrogen-bond acceptors (Lipinski definition) is 1. The molecule has 1 atom stereocenters. The van der Waals surface area contributed by atoms with Gasteiger partial charge in [-0.05, 0) is 42.9 Å². The first-order chi connectivity index (χ1) is 7.65. The van der Waals surface area contributed by atoms with Gasteiger partial charge in [-0.1, -0.05) is 55.4 Å². The Kier molecular flexibility index (Phi) is 3.33. The van der Waals surface area contributed by atoms with E-state index >= 15 is 0 Å². The maximum atomic E-state index is 6.69. The zero-order chi connectivity index (χ0) is 14.8. The minimum Gasteiger partial charge on any atom is -0.368 e. The number of rotatable bonds is 1.